The fraction of sp³-hybridized carbons (Fsp3) is 0.222. The van der Waals surface area contributed by atoms with Gasteiger partial charge in [-0.1, -0.05) is 22.0 Å². The molecule has 0 radical (unpaired) electrons. The Morgan fingerprint density at radius 3 is 2.77 bits per heavy atom. The molecule has 0 N–H and O–H groups in total. The third kappa shape index (κ3) is 2.28. The van der Waals surface area contributed by atoms with Gasteiger partial charge in [-0.3, -0.25) is 0 Å². The largest absolute Gasteiger partial charge is 0.494 e. The van der Waals surface area contributed by atoms with Crippen molar-refractivity contribution in [3.05, 3.63) is 29.6 Å². The molecular formula is C9H8BrFO2. The summed E-state index contributed by atoms with van der Waals surface area (Å²) in [5.74, 6) is -0.291. The fourth-order valence-corrected chi connectivity index (χ4v) is 1.22. The van der Waals surface area contributed by atoms with Crippen LogP contribution in [0.4, 0.5) is 4.39 Å². The van der Waals surface area contributed by atoms with Crippen LogP contribution in [0.3, 0.4) is 0 Å². The van der Waals surface area contributed by atoms with Crippen LogP contribution in [-0.2, 0) is 4.79 Å². The number of rotatable bonds is 3. The standard InChI is InChI=1S/C9H8BrFO2/c1-13-9-3-2-6(4-8(9)11)7(10)5-12/h2-5,7H,1H3. The smallest absolute Gasteiger partial charge is 0.165 e. The SMILES string of the molecule is COc1ccc(C(Br)C=O)cc1F. The third-order valence-corrected chi connectivity index (χ3v) is 2.36. The second-order valence-corrected chi connectivity index (χ2v) is 3.42. The molecular weight excluding hydrogens is 239 g/mol. The summed E-state index contributed by atoms with van der Waals surface area (Å²) < 4.78 is 17.8. The normalized spacial score (nSPS) is 12.2. The molecule has 0 spiro atoms. The molecule has 0 bridgehead atoms. The second kappa shape index (κ2) is 4.37. The maximum Gasteiger partial charge on any atom is 0.165 e. The van der Waals surface area contributed by atoms with E-state index >= 15 is 0 Å². The van der Waals surface area contributed by atoms with Gasteiger partial charge in [0.1, 0.15) is 6.29 Å². The topological polar surface area (TPSA) is 26.3 Å². The molecule has 70 valence electrons. The van der Waals surface area contributed by atoms with Gasteiger partial charge in [0.05, 0.1) is 11.9 Å². The Hall–Kier alpha value is -0.900. The molecule has 1 rings (SSSR count). The van der Waals surface area contributed by atoms with Crippen LogP contribution in [0.15, 0.2) is 18.2 Å². The van der Waals surface area contributed by atoms with E-state index in [9.17, 15) is 9.18 Å². The summed E-state index contributed by atoms with van der Waals surface area (Å²) >= 11 is 3.09. The molecule has 0 saturated carbocycles. The first-order valence-electron chi connectivity index (χ1n) is 3.62. The average Bonchev–Trinajstić information content (AvgIpc) is 2.16. The van der Waals surface area contributed by atoms with Gasteiger partial charge in [-0.2, -0.15) is 0 Å². The van der Waals surface area contributed by atoms with Crippen LogP contribution in [0.25, 0.3) is 0 Å². The van der Waals surface area contributed by atoms with Crippen molar-refractivity contribution >= 4 is 22.2 Å². The highest BCUT2D eigenvalue weighted by atomic mass is 79.9. The average molecular weight is 247 g/mol. The summed E-state index contributed by atoms with van der Waals surface area (Å²) in [6, 6.07) is 4.39. The van der Waals surface area contributed by atoms with Crippen LogP contribution in [0.2, 0.25) is 0 Å². The summed E-state index contributed by atoms with van der Waals surface area (Å²) in [5.41, 5.74) is 0.577. The van der Waals surface area contributed by atoms with E-state index in [-0.39, 0.29) is 5.75 Å². The summed E-state index contributed by atoms with van der Waals surface area (Å²) in [7, 11) is 1.39. The van der Waals surface area contributed by atoms with Gasteiger partial charge in [0, 0.05) is 0 Å². The Bertz CT molecular complexity index is 314. The van der Waals surface area contributed by atoms with Crippen LogP contribution < -0.4 is 4.74 Å². The summed E-state index contributed by atoms with van der Waals surface area (Å²) in [4.78, 5) is 9.91. The Balaban J connectivity index is 3.02. The molecule has 0 aromatic heterocycles. The van der Waals surface area contributed by atoms with Gasteiger partial charge >= 0.3 is 0 Å². The molecule has 0 amide bonds. The maximum absolute atomic E-state index is 13.1. The Labute approximate surface area is 83.8 Å². The third-order valence-electron chi connectivity index (χ3n) is 1.61. The summed E-state index contributed by atoms with van der Waals surface area (Å²) in [5, 5.41) is 0. The van der Waals surface area contributed by atoms with Crippen molar-refractivity contribution < 1.29 is 13.9 Å². The Morgan fingerprint density at radius 2 is 2.31 bits per heavy atom. The molecule has 0 aliphatic rings. The first-order chi connectivity index (χ1) is 6.19. The highest BCUT2D eigenvalue weighted by molar-refractivity contribution is 9.09. The van der Waals surface area contributed by atoms with Gasteiger partial charge in [0.15, 0.2) is 11.6 Å². The van der Waals surface area contributed by atoms with Crippen molar-refractivity contribution in [3.63, 3.8) is 0 Å². The molecule has 0 heterocycles. The number of methoxy groups -OCH3 is 1. The van der Waals surface area contributed by atoms with Crippen molar-refractivity contribution in [2.75, 3.05) is 7.11 Å². The van der Waals surface area contributed by atoms with Crippen molar-refractivity contribution in [2.45, 2.75) is 4.83 Å². The van der Waals surface area contributed by atoms with Crippen LogP contribution in [-0.4, -0.2) is 13.4 Å². The second-order valence-electron chi connectivity index (χ2n) is 2.43. The number of carbonyl (C=O) groups is 1. The molecule has 0 saturated heterocycles. The molecule has 0 aliphatic carbocycles. The van der Waals surface area contributed by atoms with Crippen molar-refractivity contribution in [1.82, 2.24) is 0 Å². The quantitative estimate of drug-likeness (QED) is 0.605. The number of alkyl halides is 1. The number of halogens is 2. The number of hydrogen-bond donors (Lipinski definition) is 0. The minimum atomic E-state index is -0.466. The molecule has 0 fully saturated rings. The van der Waals surface area contributed by atoms with Gasteiger partial charge in [-0.25, -0.2) is 4.39 Å². The lowest BCUT2D eigenvalue weighted by atomic mass is 10.1. The maximum atomic E-state index is 13.1. The molecule has 1 unspecified atom stereocenters. The minimum Gasteiger partial charge on any atom is -0.494 e. The van der Waals surface area contributed by atoms with Gasteiger partial charge in [-0.05, 0) is 17.7 Å². The molecule has 4 heteroatoms. The van der Waals surface area contributed by atoms with Gasteiger partial charge in [-0.15, -0.1) is 0 Å². The van der Waals surface area contributed by atoms with E-state index in [1.54, 1.807) is 6.07 Å². The molecule has 2 nitrogen and oxygen atoms in total. The van der Waals surface area contributed by atoms with Crippen LogP contribution in [0.1, 0.15) is 10.4 Å². The lowest BCUT2D eigenvalue weighted by Crippen LogP contribution is -1.94. The zero-order chi connectivity index (χ0) is 9.84. The van der Waals surface area contributed by atoms with E-state index in [0.717, 1.165) is 0 Å². The zero-order valence-corrected chi connectivity index (χ0v) is 8.55. The highest BCUT2D eigenvalue weighted by Crippen LogP contribution is 2.25. The Morgan fingerprint density at radius 1 is 1.62 bits per heavy atom. The molecule has 0 aliphatic heterocycles. The first-order valence-corrected chi connectivity index (χ1v) is 4.53. The minimum absolute atomic E-state index is 0.175. The monoisotopic (exact) mass is 246 g/mol. The molecule has 1 atom stereocenters. The molecule has 1 aromatic carbocycles. The Kier molecular flexibility index (Phi) is 3.42. The van der Waals surface area contributed by atoms with Crippen molar-refractivity contribution in [3.8, 4) is 5.75 Å². The summed E-state index contributed by atoms with van der Waals surface area (Å²) in [6.07, 6.45) is 0.696. The number of benzene rings is 1. The van der Waals surface area contributed by atoms with Crippen LogP contribution in [0.5, 0.6) is 5.75 Å². The van der Waals surface area contributed by atoms with E-state index < -0.39 is 10.6 Å². The van der Waals surface area contributed by atoms with Gasteiger partial charge < -0.3 is 9.53 Å². The molecule has 1 aromatic rings. The van der Waals surface area contributed by atoms with E-state index in [0.29, 0.717) is 11.8 Å². The van der Waals surface area contributed by atoms with E-state index in [1.165, 1.54) is 19.2 Å². The van der Waals surface area contributed by atoms with Crippen molar-refractivity contribution in [1.29, 1.82) is 0 Å². The summed E-state index contributed by atoms with van der Waals surface area (Å²) in [6.45, 7) is 0. The lowest BCUT2D eigenvalue weighted by Gasteiger charge is -2.05. The predicted octanol–water partition coefficient (Wildman–Crippen LogP) is 2.47. The number of aldehydes is 1. The van der Waals surface area contributed by atoms with Crippen LogP contribution in [0, 0.1) is 5.82 Å². The van der Waals surface area contributed by atoms with Crippen molar-refractivity contribution in [2.24, 2.45) is 0 Å². The fourth-order valence-electron chi connectivity index (χ4n) is 0.933. The van der Waals surface area contributed by atoms with E-state index in [4.69, 9.17) is 4.74 Å². The first kappa shape index (κ1) is 10.2. The number of ether oxygens (including phenoxy) is 1. The van der Waals surface area contributed by atoms with E-state index in [2.05, 4.69) is 15.9 Å². The molecule has 13 heavy (non-hydrogen) atoms. The zero-order valence-electron chi connectivity index (χ0n) is 6.96. The highest BCUT2D eigenvalue weighted by Gasteiger charge is 2.09. The van der Waals surface area contributed by atoms with Gasteiger partial charge in [0.2, 0.25) is 0 Å². The number of carbonyl (C=O) groups excluding carboxylic acids is 1. The van der Waals surface area contributed by atoms with Gasteiger partial charge in [0.25, 0.3) is 0 Å². The number of hydrogen-bond acceptors (Lipinski definition) is 2. The lowest BCUT2D eigenvalue weighted by molar-refractivity contribution is -0.107. The van der Waals surface area contributed by atoms with E-state index in [1.807, 2.05) is 0 Å². The van der Waals surface area contributed by atoms with Crippen LogP contribution >= 0.6 is 15.9 Å². The predicted molar refractivity (Wildman–Crippen MR) is 50.7 cm³/mol.